The van der Waals surface area contributed by atoms with Crippen molar-refractivity contribution in [2.75, 3.05) is 18.5 Å². The molecule has 3 rings (SSSR count). The van der Waals surface area contributed by atoms with Crippen LogP contribution in [0.2, 0.25) is 0 Å². The second-order valence-electron chi connectivity index (χ2n) is 6.68. The molecule has 1 atom stereocenters. The Bertz CT molecular complexity index is 902. The van der Waals surface area contributed by atoms with Gasteiger partial charge in [0.1, 0.15) is 24.8 Å². The van der Waals surface area contributed by atoms with Crippen molar-refractivity contribution >= 4 is 17.5 Å². The maximum atomic E-state index is 13.7. The van der Waals surface area contributed by atoms with E-state index in [4.69, 9.17) is 9.47 Å². The minimum absolute atomic E-state index is 0.0399. The molecule has 0 saturated heterocycles. The highest BCUT2D eigenvalue weighted by Gasteiger charge is 2.25. The minimum atomic E-state index is -1.05. The van der Waals surface area contributed by atoms with Crippen LogP contribution in [0.5, 0.6) is 11.5 Å². The Hall–Kier alpha value is -3.16. The zero-order chi connectivity index (χ0) is 20.3. The smallest absolute Gasteiger partial charge is 0.313 e. The normalized spacial score (nSPS) is 13.8. The number of hydrogen-bond donors (Lipinski definition) is 2. The van der Waals surface area contributed by atoms with Gasteiger partial charge in [0.05, 0.1) is 11.7 Å². The van der Waals surface area contributed by atoms with E-state index in [1.54, 1.807) is 18.2 Å². The van der Waals surface area contributed by atoms with Crippen LogP contribution in [-0.4, -0.2) is 25.0 Å². The van der Waals surface area contributed by atoms with Gasteiger partial charge in [-0.2, -0.15) is 0 Å². The minimum Gasteiger partial charge on any atom is -0.486 e. The summed E-state index contributed by atoms with van der Waals surface area (Å²) in [6.45, 7) is 4.68. The van der Waals surface area contributed by atoms with E-state index in [9.17, 15) is 18.4 Å². The second kappa shape index (κ2) is 8.24. The van der Waals surface area contributed by atoms with Gasteiger partial charge in [-0.1, -0.05) is 19.9 Å². The van der Waals surface area contributed by atoms with Gasteiger partial charge in [0.2, 0.25) is 0 Å². The second-order valence-corrected chi connectivity index (χ2v) is 6.68. The zero-order valence-electron chi connectivity index (χ0n) is 15.4. The Morgan fingerprint density at radius 2 is 1.68 bits per heavy atom. The molecule has 0 aliphatic carbocycles. The monoisotopic (exact) mass is 390 g/mol. The van der Waals surface area contributed by atoms with Crippen LogP contribution in [0.1, 0.15) is 25.5 Å². The molecule has 0 spiro atoms. The van der Waals surface area contributed by atoms with Crippen LogP contribution >= 0.6 is 0 Å². The van der Waals surface area contributed by atoms with E-state index in [0.717, 1.165) is 17.7 Å². The third kappa shape index (κ3) is 4.39. The number of carbonyl (C=O) groups excluding carboxylic acids is 2. The molecule has 1 unspecified atom stereocenters. The van der Waals surface area contributed by atoms with Gasteiger partial charge in [0.15, 0.2) is 11.5 Å². The summed E-state index contributed by atoms with van der Waals surface area (Å²) < 4.78 is 37.7. The van der Waals surface area contributed by atoms with Gasteiger partial charge in [-0.15, -0.1) is 0 Å². The highest BCUT2D eigenvalue weighted by Crippen LogP contribution is 2.34. The van der Waals surface area contributed by atoms with Crippen LogP contribution in [0.15, 0.2) is 36.4 Å². The van der Waals surface area contributed by atoms with Gasteiger partial charge in [-0.3, -0.25) is 9.59 Å². The van der Waals surface area contributed by atoms with Crippen molar-refractivity contribution in [2.45, 2.75) is 19.9 Å². The lowest BCUT2D eigenvalue weighted by Gasteiger charge is -2.25. The van der Waals surface area contributed by atoms with Crippen molar-refractivity contribution in [2.24, 2.45) is 5.92 Å². The number of carbonyl (C=O) groups is 2. The van der Waals surface area contributed by atoms with Gasteiger partial charge in [0, 0.05) is 6.07 Å². The van der Waals surface area contributed by atoms with E-state index in [1.165, 1.54) is 0 Å². The molecule has 148 valence electrons. The molecule has 1 aliphatic rings. The number of fused-ring (bicyclic) bond motifs is 1. The molecule has 28 heavy (non-hydrogen) atoms. The van der Waals surface area contributed by atoms with Crippen molar-refractivity contribution < 1.29 is 27.8 Å². The molecule has 6 nitrogen and oxygen atoms in total. The van der Waals surface area contributed by atoms with Crippen molar-refractivity contribution in [1.29, 1.82) is 0 Å². The number of hydrogen-bond acceptors (Lipinski definition) is 4. The molecule has 1 heterocycles. The van der Waals surface area contributed by atoms with E-state index in [-0.39, 0.29) is 11.6 Å². The molecular weight excluding hydrogens is 370 g/mol. The number of ether oxygens (including phenoxy) is 2. The molecule has 1 aliphatic heterocycles. The van der Waals surface area contributed by atoms with E-state index < -0.39 is 29.5 Å². The van der Waals surface area contributed by atoms with Gasteiger partial charge in [-0.25, -0.2) is 8.78 Å². The number of amides is 2. The predicted octanol–water partition coefficient (Wildman–Crippen LogP) is 3.19. The van der Waals surface area contributed by atoms with Crippen LogP contribution < -0.4 is 20.1 Å². The van der Waals surface area contributed by atoms with Crippen molar-refractivity contribution in [3.63, 3.8) is 0 Å². The number of rotatable bonds is 4. The zero-order valence-corrected chi connectivity index (χ0v) is 15.4. The summed E-state index contributed by atoms with van der Waals surface area (Å²) in [5, 5.41) is 4.79. The van der Waals surface area contributed by atoms with E-state index >= 15 is 0 Å². The molecule has 8 heteroatoms. The molecular formula is C20H20F2N2O4. The third-order valence-corrected chi connectivity index (χ3v) is 4.26. The molecule has 0 radical (unpaired) electrons. The largest absolute Gasteiger partial charge is 0.486 e. The first-order chi connectivity index (χ1) is 13.3. The molecule has 0 fully saturated rings. The summed E-state index contributed by atoms with van der Waals surface area (Å²) in [7, 11) is 0. The Balaban J connectivity index is 1.73. The Morgan fingerprint density at radius 1 is 0.964 bits per heavy atom. The standard InChI is InChI=1S/C20H20F2N2O4/c1-11(2)18(12-3-6-16-17(9-12)28-8-7-27-16)24-20(26)19(25)23-15-5-4-13(21)10-14(15)22/h3-6,9-11,18H,7-8H2,1-2H3,(H,23,25)(H,24,26). The van der Waals surface area contributed by atoms with Crippen LogP contribution in [-0.2, 0) is 9.59 Å². The van der Waals surface area contributed by atoms with Crippen molar-refractivity contribution in [3.05, 3.63) is 53.6 Å². The fraction of sp³-hybridized carbons (Fsp3) is 0.300. The Kier molecular flexibility index (Phi) is 5.77. The summed E-state index contributed by atoms with van der Waals surface area (Å²) in [6.07, 6.45) is 0. The average molecular weight is 390 g/mol. The SMILES string of the molecule is CC(C)C(NC(=O)C(=O)Nc1ccc(F)cc1F)c1ccc2c(c1)OCCO2. The average Bonchev–Trinajstić information content (AvgIpc) is 2.67. The quantitative estimate of drug-likeness (QED) is 0.787. The molecule has 2 aromatic carbocycles. The molecule has 2 N–H and O–H groups in total. The summed E-state index contributed by atoms with van der Waals surface area (Å²) >= 11 is 0. The lowest BCUT2D eigenvalue weighted by molar-refractivity contribution is -0.136. The van der Waals surface area contributed by atoms with Crippen LogP contribution in [0.3, 0.4) is 0 Å². The maximum absolute atomic E-state index is 13.7. The van der Waals surface area contributed by atoms with Crippen LogP contribution in [0.4, 0.5) is 14.5 Å². The number of halogens is 2. The van der Waals surface area contributed by atoms with Gasteiger partial charge in [0.25, 0.3) is 0 Å². The number of benzene rings is 2. The van der Waals surface area contributed by atoms with Gasteiger partial charge >= 0.3 is 11.8 Å². The first-order valence-electron chi connectivity index (χ1n) is 8.81. The Labute approximate surface area is 160 Å². The lowest BCUT2D eigenvalue weighted by Crippen LogP contribution is -2.39. The van der Waals surface area contributed by atoms with E-state index in [1.807, 2.05) is 13.8 Å². The first-order valence-corrected chi connectivity index (χ1v) is 8.81. The fourth-order valence-electron chi connectivity index (χ4n) is 2.87. The van der Waals surface area contributed by atoms with E-state index in [2.05, 4.69) is 10.6 Å². The van der Waals surface area contributed by atoms with Crippen LogP contribution in [0.25, 0.3) is 0 Å². The number of nitrogens with one attached hydrogen (secondary N) is 2. The topological polar surface area (TPSA) is 76.7 Å². The highest BCUT2D eigenvalue weighted by molar-refractivity contribution is 6.39. The maximum Gasteiger partial charge on any atom is 0.313 e. The van der Waals surface area contributed by atoms with Crippen molar-refractivity contribution in [3.8, 4) is 11.5 Å². The summed E-state index contributed by atoms with van der Waals surface area (Å²) in [5.74, 6) is -2.57. The fourth-order valence-corrected chi connectivity index (χ4v) is 2.87. The van der Waals surface area contributed by atoms with Crippen molar-refractivity contribution in [1.82, 2.24) is 5.32 Å². The van der Waals surface area contributed by atoms with Gasteiger partial charge in [-0.05, 0) is 35.7 Å². The summed E-state index contributed by atoms with van der Waals surface area (Å²) in [5.41, 5.74) is 0.468. The first kappa shape index (κ1) is 19.6. The van der Waals surface area contributed by atoms with Crippen LogP contribution in [0, 0.1) is 17.6 Å². The molecule has 2 aromatic rings. The summed E-state index contributed by atoms with van der Waals surface area (Å²) in [4.78, 5) is 24.5. The van der Waals surface area contributed by atoms with Gasteiger partial charge < -0.3 is 20.1 Å². The molecule has 0 saturated carbocycles. The lowest BCUT2D eigenvalue weighted by atomic mass is 9.95. The predicted molar refractivity (Wildman–Crippen MR) is 98.1 cm³/mol. The number of anilines is 1. The highest BCUT2D eigenvalue weighted by atomic mass is 19.1. The molecule has 0 bridgehead atoms. The third-order valence-electron chi connectivity index (χ3n) is 4.26. The molecule has 2 amide bonds. The van der Waals surface area contributed by atoms with E-state index in [0.29, 0.717) is 30.8 Å². The Morgan fingerprint density at radius 3 is 2.36 bits per heavy atom. The molecule has 0 aromatic heterocycles. The summed E-state index contributed by atoms with van der Waals surface area (Å²) in [6, 6.07) is 7.48.